The monoisotopic (exact) mass is 715 g/mol. The number of benzene rings is 3. The minimum Gasteiger partial charge on any atom is -0.497 e. The molecule has 2 saturated heterocycles. The molecule has 1 N–H and O–H groups in total. The van der Waals surface area contributed by atoms with Gasteiger partial charge in [0.25, 0.3) is 5.91 Å². The molecule has 272 valence electrons. The lowest BCUT2D eigenvalue weighted by molar-refractivity contribution is -0.153. The van der Waals surface area contributed by atoms with Crippen LogP contribution in [0.5, 0.6) is 5.75 Å². The van der Waals surface area contributed by atoms with Gasteiger partial charge in [-0.3, -0.25) is 4.79 Å². The lowest BCUT2D eigenvalue weighted by Gasteiger charge is -2.40. The zero-order chi connectivity index (χ0) is 35.4. The SMILES string of the molecule is COc1ccc(S(=O)(=O)N(CCO)CCO[C@H]2C[C@@H](c3ccc4c(c3)Cc3ccccc3-4)C=C(C(=O)N3CCC(N4CCCCC4)CC3)O2)cc1. The maximum absolute atomic E-state index is 14.0. The number of methoxy groups -OCH3 is 1. The number of aliphatic hydroxyl groups is 1. The standard InChI is InChI=1S/C40H49N3O7S/c1-48-34-10-12-35(13-11-34)51(46,47)43(21-23-44)22-24-49-39-28-31(29-9-14-37-32(25-29)26-30-7-3-4-8-36(30)37)27-38(50-39)40(45)42-19-15-33(16-20-42)41-17-5-2-6-18-41/h3-4,7-14,25,27,31,33,39,44H,2,5-6,15-24,26,28H2,1H3/t31-,39+/m0/s1. The molecular formula is C40H49N3O7S. The number of rotatable bonds is 12. The number of hydrogen-bond acceptors (Lipinski definition) is 8. The number of ether oxygens (including phenoxy) is 3. The van der Waals surface area contributed by atoms with Gasteiger partial charge in [0.15, 0.2) is 5.76 Å². The number of hydrogen-bond donors (Lipinski definition) is 1. The van der Waals surface area contributed by atoms with Gasteiger partial charge < -0.3 is 29.1 Å². The predicted molar refractivity (Wildman–Crippen MR) is 195 cm³/mol. The van der Waals surface area contributed by atoms with Crippen molar-refractivity contribution in [1.82, 2.24) is 14.1 Å². The maximum Gasteiger partial charge on any atom is 0.288 e. The van der Waals surface area contributed by atoms with Crippen molar-refractivity contribution in [3.05, 3.63) is 95.3 Å². The minimum absolute atomic E-state index is 0.00750. The van der Waals surface area contributed by atoms with Crippen LogP contribution in [0, 0.1) is 0 Å². The van der Waals surface area contributed by atoms with Crippen molar-refractivity contribution in [3.63, 3.8) is 0 Å². The van der Waals surface area contributed by atoms with E-state index in [4.69, 9.17) is 14.2 Å². The van der Waals surface area contributed by atoms with Crippen LogP contribution in [0.1, 0.15) is 61.1 Å². The largest absolute Gasteiger partial charge is 0.497 e. The number of amides is 1. The topological polar surface area (TPSA) is 109 Å². The molecule has 3 heterocycles. The minimum atomic E-state index is -3.90. The second-order valence-corrected chi connectivity index (χ2v) is 15.9. The van der Waals surface area contributed by atoms with E-state index in [2.05, 4.69) is 47.4 Å². The van der Waals surface area contributed by atoms with Gasteiger partial charge in [0, 0.05) is 44.6 Å². The van der Waals surface area contributed by atoms with E-state index < -0.39 is 16.3 Å². The lowest BCUT2D eigenvalue weighted by Crippen LogP contribution is -2.49. The first kappa shape index (κ1) is 35.7. The number of allylic oxidation sites excluding steroid dienone is 1. The highest BCUT2D eigenvalue weighted by atomic mass is 32.2. The van der Waals surface area contributed by atoms with Gasteiger partial charge in [-0.05, 0) is 103 Å². The Hall–Kier alpha value is -3.74. The van der Waals surface area contributed by atoms with Gasteiger partial charge in [-0.15, -0.1) is 0 Å². The average molecular weight is 716 g/mol. The molecule has 1 aliphatic carbocycles. The molecule has 0 spiro atoms. The molecule has 3 aliphatic heterocycles. The lowest BCUT2D eigenvalue weighted by atomic mass is 9.90. The van der Waals surface area contributed by atoms with Crippen LogP contribution < -0.4 is 4.74 Å². The molecule has 0 aromatic heterocycles. The highest BCUT2D eigenvalue weighted by molar-refractivity contribution is 7.89. The van der Waals surface area contributed by atoms with Crippen molar-refractivity contribution in [2.75, 3.05) is 59.6 Å². The van der Waals surface area contributed by atoms with Crippen LogP contribution in [-0.2, 0) is 30.7 Å². The van der Waals surface area contributed by atoms with E-state index in [1.165, 1.54) is 65.1 Å². The summed E-state index contributed by atoms with van der Waals surface area (Å²) in [6.07, 6.45) is 8.26. The van der Waals surface area contributed by atoms with Crippen molar-refractivity contribution >= 4 is 15.9 Å². The van der Waals surface area contributed by atoms with Gasteiger partial charge in [0.1, 0.15) is 5.75 Å². The highest BCUT2D eigenvalue weighted by Crippen LogP contribution is 2.40. The number of nitrogens with zero attached hydrogens (tertiary/aromatic N) is 3. The number of likely N-dealkylation sites (tertiary alicyclic amines) is 2. The van der Waals surface area contributed by atoms with Gasteiger partial charge in [-0.2, -0.15) is 4.31 Å². The number of aliphatic hydroxyl groups excluding tert-OH is 1. The van der Waals surface area contributed by atoms with Gasteiger partial charge in [0.05, 0.1) is 25.2 Å². The number of carbonyl (C=O) groups is 1. The summed E-state index contributed by atoms with van der Waals surface area (Å²) in [6, 6.07) is 21.7. The molecule has 3 aromatic carbocycles. The number of carbonyl (C=O) groups excluding carboxylic acids is 1. The van der Waals surface area contributed by atoms with E-state index in [0.29, 0.717) is 31.3 Å². The molecule has 0 unspecified atom stereocenters. The molecule has 1 amide bonds. The molecule has 4 aliphatic rings. The van der Waals surface area contributed by atoms with E-state index in [1.807, 2.05) is 11.0 Å². The summed E-state index contributed by atoms with van der Waals surface area (Å²) >= 11 is 0. The average Bonchev–Trinajstić information content (AvgIpc) is 3.55. The second-order valence-electron chi connectivity index (χ2n) is 14.0. The summed E-state index contributed by atoms with van der Waals surface area (Å²) in [5.74, 6) is 0.587. The zero-order valence-electron chi connectivity index (χ0n) is 29.4. The van der Waals surface area contributed by atoms with Gasteiger partial charge >= 0.3 is 0 Å². The van der Waals surface area contributed by atoms with E-state index in [0.717, 1.165) is 37.9 Å². The van der Waals surface area contributed by atoms with Crippen LogP contribution in [-0.4, -0.2) is 105 Å². The Bertz CT molecular complexity index is 1820. The fourth-order valence-corrected chi connectivity index (χ4v) is 9.47. The quantitative estimate of drug-likeness (QED) is 0.215. The molecule has 7 rings (SSSR count). The normalized spacial score (nSPS) is 21.2. The number of piperidine rings is 2. The summed E-state index contributed by atoms with van der Waals surface area (Å²) in [6.45, 7) is 3.28. The van der Waals surface area contributed by atoms with E-state index in [1.54, 1.807) is 12.1 Å². The van der Waals surface area contributed by atoms with Gasteiger partial charge in [0.2, 0.25) is 16.3 Å². The molecule has 10 nitrogen and oxygen atoms in total. The van der Waals surface area contributed by atoms with Gasteiger partial charge in [-0.1, -0.05) is 48.9 Å². The fraction of sp³-hybridized carbons (Fsp3) is 0.475. The van der Waals surface area contributed by atoms with Crippen molar-refractivity contribution < 1.29 is 32.5 Å². The van der Waals surface area contributed by atoms with Crippen molar-refractivity contribution in [2.24, 2.45) is 0 Å². The van der Waals surface area contributed by atoms with E-state index >= 15 is 0 Å². The van der Waals surface area contributed by atoms with Crippen molar-refractivity contribution in [1.29, 1.82) is 0 Å². The highest BCUT2D eigenvalue weighted by Gasteiger charge is 2.35. The van der Waals surface area contributed by atoms with Crippen LogP contribution >= 0.6 is 0 Å². The molecule has 51 heavy (non-hydrogen) atoms. The molecule has 2 atom stereocenters. The summed E-state index contributed by atoms with van der Waals surface area (Å²) in [4.78, 5) is 18.6. The first-order valence-corrected chi connectivity index (χ1v) is 19.8. The Morgan fingerprint density at radius 1 is 0.922 bits per heavy atom. The number of fused-ring (bicyclic) bond motifs is 3. The van der Waals surface area contributed by atoms with Crippen LogP contribution in [0.2, 0.25) is 0 Å². The smallest absolute Gasteiger partial charge is 0.288 e. The summed E-state index contributed by atoms with van der Waals surface area (Å²) in [5.41, 5.74) is 6.18. The number of sulfonamides is 1. The zero-order valence-corrected chi connectivity index (χ0v) is 30.2. The van der Waals surface area contributed by atoms with Gasteiger partial charge in [-0.25, -0.2) is 8.42 Å². The van der Waals surface area contributed by atoms with E-state index in [-0.39, 0.29) is 48.8 Å². The van der Waals surface area contributed by atoms with Crippen LogP contribution in [0.4, 0.5) is 0 Å². The Labute approximate surface area is 301 Å². The third-order valence-electron chi connectivity index (χ3n) is 10.9. The molecule has 11 heteroatoms. The summed E-state index contributed by atoms with van der Waals surface area (Å²) < 4.78 is 45.9. The summed E-state index contributed by atoms with van der Waals surface area (Å²) in [7, 11) is -2.38. The Morgan fingerprint density at radius 2 is 1.67 bits per heavy atom. The Balaban J connectivity index is 1.06. The van der Waals surface area contributed by atoms with Crippen LogP contribution in [0.15, 0.2) is 83.5 Å². The second kappa shape index (κ2) is 15.9. The maximum atomic E-state index is 14.0. The first-order chi connectivity index (χ1) is 24.8. The van der Waals surface area contributed by atoms with Crippen LogP contribution in [0.3, 0.4) is 0 Å². The fourth-order valence-electron chi connectivity index (χ4n) is 8.06. The predicted octanol–water partition coefficient (Wildman–Crippen LogP) is 5.16. The molecule has 0 bridgehead atoms. The Kier molecular flexibility index (Phi) is 11.1. The molecular weight excluding hydrogens is 667 g/mol. The van der Waals surface area contributed by atoms with Crippen LogP contribution in [0.25, 0.3) is 11.1 Å². The first-order valence-electron chi connectivity index (χ1n) is 18.3. The molecule has 0 saturated carbocycles. The van der Waals surface area contributed by atoms with Crippen molar-refractivity contribution in [2.45, 2.75) is 68.1 Å². The Morgan fingerprint density at radius 3 is 2.41 bits per heavy atom. The van der Waals surface area contributed by atoms with E-state index in [9.17, 15) is 18.3 Å². The summed E-state index contributed by atoms with van der Waals surface area (Å²) in [5, 5.41) is 9.73. The third-order valence-corrected chi connectivity index (χ3v) is 12.8. The molecule has 2 fully saturated rings. The van der Waals surface area contributed by atoms with Crippen molar-refractivity contribution in [3.8, 4) is 16.9 Å². The molecule has 3 aromatic rings. The third kappa shape index (κ3) is 7.88. The molecule has 0 radical (unpaired) electrons.